The Balaban J connectivity index is 2.45. The first-order chi connectivity index (χ1) is 8.11. The lowest BCUT2D eigenvalue weighted by Gasteiger charge is -2.15. The Morgan fingerprint density at radius 3 is 2.71 bits per heavy atom. The van der Waals surface area contributed by atoms with Gasteiger partial charge in [-0.2, -0.15) is 15.3 Å². The molecule has 0 saturated carbocycles. The maximum atomic E-state index is 5.62. The molecule has 0 radical (unpaired) electrons. The number of nitrogens with zero attached hydrogens (tertiary/aromatic N) is 4. The van der Waals surface area contributed by atoms with Gasteiger partial charge >= 0.3 is 0 Å². The first-order valence-corrected chi connectivity index (χ1v) is 5.38. The van der Waals surface area contributed by atoms with Crippen LogP contribution in [0, 0.1) is 13.8 Å². The number of hydrogen-bond donors (Lipinski definition) is 2. The molecule has 1 unspecified atom stereocenters. The molecular formula is C11H16N6. The van der Waals surface area contributed by atoms with Gasteiger partial charge in [0.1, 0.15) is 0 Å². The number of aromatic nitrogens is 4. The van der Waals surface area contributed by atoms with Crippen LogP contribution in [0.25, 0.3) is 0 Å². The molecule has 3 N–H and O–H groups in total. The maximum absolute atomic E-state index is 5.62. The van der Waals surface area contributed by atoms with E-state index >= 15 is 0 Å². The fourth-order valence-corrected chi connectivity index (χ4v) is 1.78. The summed E-state index contributed by atoms with van der Waals surface area (Å²) in [6.45, 7) is 3.82. The van der Waals surface area contributed by atoms with Crippen molar-refractivity contribution in [3.8, 4) is 0 Å². The van der Waals surface area contributed by atoms with E-state index in [-0.39, 0.29) is 6.04 Å². The highest BCUT2D eigenvalue weighted by Crippen LogP contribution is 2.21. The Kier molecular flexibility index (Phi) is 3.16. The number of hydrogen-bond acceptors (Lipinski definition) is 5. The molecule has 0 spiro atoms. The van der Waals surface area contributed by atoms with Gasteiger partial charge in [-0.3, -0.25) is 10.5 Å². The average molecular weight is 232 g/mol. The normalized spacial score (nSPS) is 12.7. The van der Waals surface area contributed by atoms with Crippen LogP contribution in [-0.2, 0) is 7.05 Å². The summed E-state index contributed by atoms with van der Waals surface area (Å²) in [6, 6.07) is 3.74. The quantitative estimate of drug-likeness (QED) is 0.590. The fraction of sp³-hybridized carbons (Fsp3) is 0.364. The minimum absolute atomic E-state index is 0.162. The molecule has 0 aliphatic carbocycles. The van der Waals surface area contributed by atoms with Crippen molar-refractivity contribution in [2.45, 2.75) is 19.9 Å². The molecule has 1 atom stereocenters. The Morgan fingerprint density at radius 1 is 1.35 bits per heavy atom. The van der Waals surface area contributed by atoms with Crippen molar-refractivity contribution in [3.05, 3.63) is 41.0 Å². The van der Waals surface area contributed by atoms with Crippen LogP contribution in [0.2, 0.25) is 0 Å². The molecule has 0 saturated heterocycles. The second-order valence-corrected chi connectivity index (χ2v) is 4.04. The predicted octanol–water partition coefficient (Wildman–Crippen LogP) is 0.380. The Labute approximate surface area is 99.8 Å². The Morgan fingerprint density at radius 2 is 2.12 bits per heavy atom. The summed E-state index contributed by atoms with van der Waals surface area (Å²) in [7, 11) is 1.87. The second-order valence-electron chi connectivity index (χ2n) is 4.04. The molecule has 6 heteroatoms. The van der Waals surface area contributed by atoms with Crippen LogP contribution in [0.4, 0.5) is 0 Å². The number of aryl methyl sites for hydroxylation is 3. The topological polar surface area (TPSA) is 81.6 Å². The molecule has 2 aromatic heterocycles. The van der Waals surface area contributed by atoms with E-state index in [2.05, 4.69) is 20.7 Å². The average Bonchev–Trinajstić information content (AvgIpc) is 2.71. The van der Waals surface area contributed by atoms with E-state index in [4.69, 9.17) is 5.84 Å². The highest BCUT2D eigenvalue weighted by Gasteiger charge is 2.18. The molecule has 2 aromatic rings. The summed E-state index contributed by atoms with van der Waals surface area (Å²) in [5.74, 6) is 5.62. The number of hydrazine groups is 1. The standard InChI is InChI=1S/C11H16N6/c1-7-6-9(8(2)15-14-7)11(13-12)10-4-5-17(3)16-10/h4-6,11,13H,12H2,1-3H3. The van der Waals surface area contributed by atoms with Crippen molar-refractivity contribution in [2.24, 2.45) is 12.9 Å². The third kappa shape index (κ3) is 2.32. The smallest absolute Gasteiger partial charge is 0.0918 e. The van der Waals surface area contributed by atoms with Crippen molar-refractivity contribution in [3.63, 3.8) is 0 Å². The van der Waals surface area contributed by atoms with Gasteiger partial charge in [-0.15, -0.1) is 0 Å². The van der Waals surface area contributed by atoms with Crippen molar-refractivity contribution >= 4 is 0 Å². The van der Waals surface area contributed by atoms with E-state index in [9.17, 15) is 0 Å². The predicted molar refractivity (Wildman–Crippen MR) is 63.9 cm³/mol. The summed E-state index contributed by atoms with van der Waals surface area (Å²) in [4.78, 5) is 0. The van der Waals surface area contributed by atoms with Crippen molar-refractivity contribution in [1.82, 2.24) is 25.4 Å². The molecule has 0 amide bonds. The van der Waals surface area contributed by atoms with Crippen LogP contribution in [0.15, 0.2) is 18.3 Å². The lowest BCUT2D eigenvalue weighted by atomic mass is 10.0. The van der Waals surface area contributed by atoms with Gasteiger partial charge in [-0.25, -0.2) is 5.43 Å². The summed E-state index contributed by atoms with van der Waals surface area (Å²) >= 11 is 0. The van der Waals surface area contributed by atoms with Crippen LogP contribution >= 0.6 is 0 Å². The van der Waals surface area contributed by atoms with Gasteiger partial charge < -0.3 is 0 Å². The summed E-state index contributed by atoms with van der Waals surface area (Å²) in [5.41, 5.74) is 6.35. The number of nitrogens with one attached hydrogen (secondary N) is 1. The number of rotatable bonds is 3. The van der Waals surface area contributed by atoms with E-state index in [1.54, 1.807) is 4.68 Å². The van der Waals surface area contributed by atoms with Crippen molar-refractivity contribution in [1.29, 1.82) is 0 Å². The molecule has 0 aromatic carbocycles. The molecule has 2 rings (SSSR count). The van der Waals surface area contributed by atoms with Crippen molar-refractivity contribution < 1.29 is 0 Å². The molecule has 0 bridgehead atoms. The van der Waals surface area contributed by atoms with Crippen LogP contribution in [0.1, 0.15) is 28.7 Å². The van der Waals surface area contributed by atoms with Crippen LogP contribution in [0.5, 0.6) is 0 Å². The highest BCUT2D eigenvalue weighted by molar-refractivity contribution is 5.30. The summed E-state index contributed by atoms with van der Waals surface area (Å²) in [6.07, 6.45) is 1.89. The SMILES string of the molecule is Cc1cc(C(NN)c2ccn(C)n2)c(C)nn1. The monoisotopic (exact) mass is 232 g/mol. The van der Waals surface area contributed by atoms with E-state index < -0.39 is 0 Å². The minimum atomic E-state index is -0.162. The zero-order chi connectivity index (χ0) is 12.4. The molecule has 2 heterocycles. The van der Waals surface area contributed by atoms with Gasteiger partial charge in [-0.05, 0) is 26.0 Å². The third-order valence-electron chi connectivity index (χ3n) is 2.65. The first-order valence-electron chi connectivity index (χ1n) is 5.38. The largest absolute Gasteiger partial charge is 0.275 e. The fourth-order valence-electron chi connectivity index (χ4n) is 1.78. The van der Waals surface area contributed by atoms with Gasteiger partial charge in [0.2, 0.25) is 0 Å². The zero-order valence-electron chi connectivity index (χ0n) is 10.2. The van der Waals surface area contributed by atoms with Gasteiger partial charge in [0.15, 0.2) is 0 Å². The molecule has 0 aliphatic rings. The summed E-state index contributed by atoms with van der Waals surface area (Å²) in [5, 5.41) is 12.5. The molecule has 6 nitrogen and oxygen atoms in total. The van der Waals surface area contributed by atoms with Crippen LogP contribution in [0.3, 0.4) is 0 Å². The second kappa shape index (κ2) is 4.60. The van der Waals surface area contributed by atoms with Crippen molar-refractivity contribution in [2.75, 3.05) is 0 Å². The highest BCUT2D eigenvalue weighted by atomic mass is 15.3. The number of nitrogens with two attached hydrogens (primary N) is 1. The van der Waals surface area contributed by atoms with Crippen LogP contribution < -0.4 is 11.3 Å². The lowest BCUT2D eigenvalue weighted by molar-refractivity contribution is 0.595. The Hall–Kier alpha value is -1.79. The zero-order valence-corrected chi connectivity index (χ0v) is 10.2. The van der Waals surface area contributed by atoms with Gasteiger partial charge in [0.05, 0.1) is 23.1 Å². The molecule has 17 heavy (non-hydrogen) atoms. The van der Waals surface area contributed by atoms with E-state index in [0.29, 0.717) is 0 Å². The van der Waals surface area contributed by atoms with E-state index in [0.717, 1.165) is 22.6 Å². The maximum Gasteiger partial charge on any atom is 0.0918 e. The lowest BCUT2D eigenvalue weighted by Crippen LogP contribution is -2.30. The Bertz CT molecular complexity index is 518. The molecular weight excluding hydrogens is 216 g/mol. The molecule has 90 valence electrons. The third-order valence-corrected chi connectivity index (χ3v) is 2.65. The van der Waals surface area contributed by atoms with Gasteiger partial charge in [0.25, 0.3) is 0 Å². The van der Waals surface area contributed by atoms with E-state index in [1.165, 1.54) is 0 Å². The van der Waals surface area contributed by atoms with E-state index in [1.807, 2.05) is 39.2 Å². The molecule has 0 aliphatic heterocycles. The summed E-state index contributed by atoms with van der Waals surface area (Å²) < 4.78 is 1.75. The minimum Gasteiger partial charge on any atom is -0.275 e. The van der Waals surface area contributed by atoms with Gasteiger partial charge in [-0.1, -0.05) is 0 Å². The van der Waals surface area contributed by atoms with Crippen LogP contribution in [-0.4, -0.2) is 20.0 Å². The van der Waals surface area contributed by atoms with Gasteiger partial charge in [0, 0.05) is 18.8 Å². The first kappa shape index (κ1) is 11.7. The molecule has 0 fully saturated rings.